The second-order valence-corrected chi connectivity index (χ2v) is 3.93. The smallest absolute Gasteiger partial charge is 0.222 e. The molecule has 0 saturated carbocycles. The first-order chi connectivity index (χ1) is 6.77. The molecule has 5 heteroatoms. The summed E-state index contributed by atoms with van der Waals surface area (Å²) in [6.45, 7) is 3.07. The molecule has 0 radical (unpaired) electrons. The summed E-state index contributed by atoms with van der Waals surface area (Å²) < 4.78 is 0. The van der Waals surface area contributed by atoms with E-state index in [0.29, 0.717) is 18.9 Å². The molecule has 1 unspecified atom stereocenters. The molecule has 0 aromatic carbocycles. The van der Waals surface area contributed by atoms with Gasteiger partial charge in [0.25, 0.3) is 0 Å². The molecule has 0 aliphatic carbocycles. The number of carbonyl (C=O) groups is 1. The SMILES string of the molecule is O=C1CC(CS)CN1CCNCCO. The van der Waals surface area contributed by atoms with E-state index in [4.69, 9.17) is 5.11 Å². The molecule has 0 bridgehead atoms. The number of hydrogen-bond donors (Lipinski definition) is 3. The van der Waals surface area contributed by atoms with E-state index in [2.05, 4.69) is 17.9 Å². The second-order valence-electron chi connectivity index (χ2n) is 3.57. The van der Waals surface area contributed by atoms with Crippen LogP contribution in [0.25, 0.3) is 0 Å². The summed E-state index contributed by atoms with van der Waals surface area (Å²) in [5, 5.41) is 11.6. The fraction of sp³-hybridized carbons (Fsp3) is 0.889. The molecular weight excluding hydrogens is 200 g/mol. The summed E-state index contributed by atoms with van der Waals surface area (Å²) in [4.78, 5) is 13.3. The average molecular weight is 218 g/mol. The lowest BCUT2D eigenvalue weighted by molar-refractivity contribution is -0.127. The van der Waals surface area contributed by atoms with Crippen molar-refractivity contribution < 1.29 is 9.90 Å². The summed E-state index contributed by atoms with van der Waals surface area (Å²) in [5.41, 5.74) is 0. The van der Waals surface area contributed by atoms with E-state index in [9.17, 15) is 4.79 Å². The normalized spacial score (nSPS) is 22.0. The molecule has 1 aliphatic heterocycles. The number of aliphatic hydroxyl groups excluding tert-OH is 1. The molecule has 2 N–H and O–H groups in total. The van der Waals surface area contributed by atoms with E-state index in [1.54, 1.807) is 0 Å². The van der Waals surface area contributed by atoms with Gasteiger partial charge in [0.2, 0.25) is 5.91 Å². The summed E-state index contributed by atoms with van der Waals surface area (Å²) in [7, 11) is 0. The number of amides is 1. The minimum Gasteiger partial charge on any atom is -0.395 e. The van der Waals surface area contributed by atoms with E-state index < -0.39 is 0 Å². The van der Waals surface area contributed by atoms with Crippen LogP contribution in [0.15, 0.2) is 0 Å². The lowest BCUT2D eigenvalue weighted by Gasteiger charge is -2.16. The van der Waals surface area contributed by atoms with Gasteiger partial charge in [0.05, 0.1) is 6.61 Å². The zero-order chi connectivity index (χ0) is 10.4. The molecule has 1 atom stereocenters. The van der Waals surface area contributed by atoms with Gasteiger partial charge in [-0.15, -0.1) is 0 Å². The third kappa shape index (κ3) is 3.48. The highest BCUT2D eigenvalue weighted by atomic mass is 32.1. The van der Waals surface area contributed by atoms with Crippen LogP contribution in [0.2, 0.25) is 0 Å². The Hall–Kier alpha value is -0.260. The van der Waals surface area contributed by atoms with Crippen LogP contribution in [-0.4, -0.2) is 54.5 Å². The monoisotopic (exact) mass is 218 g/mol. The number of rotatable bonds is 6. The van der Waals surface area contributed by atoms with Gasteiger partial charge in [0.1, 0.15) is 0 Å². The predicted molar refractivity (Wildman–Crippen MR) is 58.5 cm³/mol. The molecule has 14 heavy (non-hydrogen) atoms. The second kappa shape index (κ2) is 6.27. The van der Waals surface area contributed by atoms with Crippen LogP contribution in [-0.2, 0) is 4.79 Å². The molecule has 1 aliphatic rings. The Balaban J connectivity index is 2.15. The number of nitrogens with one attached hydrogen (secondary N) is 1. The maximum Gasteiger partial charge on any atom is 0.222 e. The number of hydrogen-bond acceptors (Lipinski definition) is 4. The van der Waals surface area contributed by atoms with Crippen molar-refractivity contribution in [3.8, 4) is 0 Å². The van der Waals surface area contributed by atoms with Crippen LogP contribution < -0.4 is 5.32 Å². The number of likely N-dealkylation sites (tertiary alicyclic amines) is 1. The maximum absolute atomic E-state index is 11.4. The van der Waals surface area contributed by atoms with Crippen molar-refractivity contribution in [1.29, 1.82) is 0 Å². The molecule has 0 spiro atoms. The average Bonchev–Trinajstić information content (AvgIpc) is 2.54. The van der Waals surface area contributed by atoms with Gasteiger partial charge >= 0.3 is 0 Å². The molecule has 1 heterocycles. The Morgan fingerprint density at radius 1 is 1.57 bits per heavy atom. The minimum atomic E-state index is 0.146. The van der Waals surface area contributed by atoms with Crippen LogP contribution in [0.1, 0.15) is 6.42 Å². The predicted octanol–water partition coefficient (Wildman–Crippen LogP) is -0.653. The summed E-state index contributed by atoms with van der Waals surface area (Å²) in [6, 6.07) is 0. The lowest BCUT2D eigenvalue weighted by atomic mass is 10.1. The van der Waals surface area contributed by atoms with Crippen molar-refractivity contribution in [1.82, 2.24) is 10.2 Å². The number of thiol groups is 1. The number of nitrogens with zero attached hydrogens (tertiary/aromatic N) is 1. The van der Waals surface area contributed by atoms with Crippen molar-refractivity contribution in [3.05, 3.63) is 0 Å². The van der Waals surface area contributed by atoms with E-state index >= 15 is 0 Å². The first kappa shape index (κ1) is 11.8. The fourth-order valence-corrected chi connectivity index (χ4v) is 1.86. The first-order valence-corrected chi connectivity index (χ1v) is 5.61. The molecule has 82 valence electrons. The van der Waals surface area contributed by atoms with E-state index in [1.807, 2.05) is 4.90 Å². The van der Waals surface area contributed by atoms with Crippen molar-refractivity contribution in [2.75, 3.05) is 38.5 Å². The van der Waals surface area contributed by atoms with Gasteiger partial charge in [-0.3, -0.25) is 4.79 Å². The van der Waals surface area contributed by atoms with Crippen LogP contribution in [0.4, 0.5) is 0 Å². The highest BCUT2D eigenvalue weighted by molar-refractivity contribution is 7.80. The topological polar surface area (TPSA) is 52.6 Å². The molecule has 1 fully saturated rings. The van der Waals surface area contributed by atoms with Crippen LogP contribution in [0.5, 0.6) is 0 Å². The van der Waals surface area contributed by atoms with Crippen LogP contribution in [0, 0.1) is 5.92 Å². The molecule has 1 rings (SSSR count). The van der Waals surface area contributed by atoms with E-state index in [-0.39, 0.29) is 12.5 Å². The molecule has 1 amide bonds. The zero-order valence-corrected chi connectivity index (χ0v) is 9.17. The standard InChI is InChI=1S/C9H18N2O2S/c12-4-2-10-1-3-11-6-8(7-14)5-9(11)13/h8,10,12,14H,1-7H2. The van der Waals surface area contributed by atoms with Crippen molar-refractivity contribution in [3.63, 3.8) is 0 Å². The van der Waals surface area contributed by atoms with Crippen LogP contribution in [0.3, 0.4) is 0 Å². The number of aliphatic hydroxyl groups is 1. The highest BCUT2D eigenvalue weighted by Crippen LogP contribution is 2.17. The summed E-state index contributed by atoms with van der Waals surface area (Å²) >= 11 is 4.19. The Kier molecular flexibility index (Phi) is 5.29. The van der Waals surface area contributed by atoms with E-state index in [1.165, 1.54) is 0 Å². The van der Waals surface area contributed by atoms with Gasteiger partial charge in [-0.05, 0) is 11.7 Å². The Bertz CT molecular complexity index is 190. The van der Waals surface area contributed by atoms with E-state index in [0.717, 1.165) is 25.4 Å². The largest absolute Gasteiger partial charge is 0.395 e. The zero-order valence-electron chi connectivity index (χ0n) is 8.28. The van der Waals surface area contributed by atoms with Crippen molar-refractivity contribution >= 4 is 18.5 Å². The molecule has 4 nitrogen and oxygen atoms in total. The van der Waals surface area contributed by atoms with Gasteiger partial charge in [0.15, 0.2) is 0 Å². The molecule has 0 aromatic heterocycles. The van der Waals surface area contributed by atoms with Crippen LogP contribution >= 0.6 is 12.6 Å². The van der Waals surface area contributed by atoms with Gasteiger partial charge in [-0.2, -0.15) is 12.6 Å². The third-order valence-corrected chi connectivity index (χ3v) is 2.92. The Morgan fingerprint density at radius 2 is 2.36 bits per heavy atom. The number of carbonyl (C=O) groups excluding carboxylic acids is 1. The molecule has 1 saturated heterocycles. The summed E-state index contributed by atoms with van der Waals surface area (Å²) in [5.74, 6) is 1.44. The maximum atomic E-state index is 11.4. The highest BCUT2D eigenvalue weighted by Gasteiger charge is 2.27. The third-order valence-electron chi connectivity index (χ3n) is 2.40. The van der Waals surface area contributed by atoms with Gasteiger partial charge < -0.3 is 15.3 Å². The minimum absolute atomic E-state index is 0.146. The molecule has 0 aromatic rings. The lowest BCUT2D eigenvalue weighted by Crippen LogP contribution is -2.34. The first-order valence-electron chi connectivity index (χ1n) is 4.98. The van der Waals surface area contributed by atoms with Gasteiger partial charge in [-0.1, -0.05) is 0 Å². The van der Waals surface area contributed by atoms with Gasteiger partial charge in [-0.25, -0.2) is 0 Å². The van der Waals surface area contributed by atoms with Crippen molar-refractivity contribution in [2.24, 2.45) is 5.92 Å². The Morgan fingerprint density at radius 3 is 2.93 bits per heavy atom. The quantitative estimate of drug-likeness (QED) is 0.410. The summed E-state index contributed by atoms with van der Waals surface area (Å²) in [6.07, 6.45) is 0.642. The fourth-order valence-electron chi connectivity index (χ4n) is 1.61. The molecular formula is C9H18N2O2S. The Labute approximate surface area is 90.1 Å². The van der Waals surface area contributed by atoms with Crippen molar-refractivity contribution in [2.45, 2.75) is 6.42 Å². The van der Waals surface area contributed by atoms with Gasteiger partial charge in [0, 0.05) is 32.6 Å².